The van der Waals surface area contributed by atoms with E-state index in [0.717, 1.165) is 12.0 Å². The predicted molar refractivity (Wildman–Crippen MR) is 79.3 cm³/mol. The Morgan fingerprint density at radius 3 is 2.76 bits per heavy atom. The molecule has 1 aromatic heterocycles. The van der Waals surface area contributed by atoms with Crippen LogP contribution in [0.3, 0.4) is 0 Å². The highest BCUT2D eigenvalue weighted by molar-refractivity contribution is 5.75. The van der Waals surface area contributed by atoms with Crippen LogP contribution in [0.2, 0.25) is 0 Å². The Morgan fingerprint density at radius 2 is 2.10 bits per heavy atom. The smallest absolute Gasteiger partial charge is 0.243 e. The number of nitrogens with two attached hydrogens (primary N) is 1. The van der Waals surface area contributed by atoms with Crippen LogP contribution >= 0.6 is 0 Å². The molecule has 112 valence electrons. The number of benzene rings is 1. The van der Waals surface area contributed by atoms with Gasteiger partial charge >= 0.3 is 0 Å². The van der Waals surface area contributed by atoms with E-state index in [2.05, 4.69) is 20.7 Å². The second kappa shape index (κ2) is 6.94. The summed E-state index contributed by atoms with van der Waals surface area (Å²) >= 11 is 0. The fraction of sp³-hybridized carbons (Fsp3) is 0.429. The van der Waals surface area contributed by atoms with Crippen LogP contribution in [0, 0.1) is 6.92 Å². The molecule has 0 bridgehead atoms. The van der Waals surface area contributed by atoms with Crippen molar-refractivity contribution in [3.8, 4) is 11.4 Å². The van der Waals surface area contributed by atoms with E-state index in [1.54, 1.807) is 0 Å². The molecule has 1 unspecified atom stereocenters. The van der Waals surface area contributed by atoms with Gasteiger partial charge < -0.3 is 11.1 Å². The molecule has 1 atom stereocenters. The standard InChI is InChI=1S/C14H20N6O/c1-10-3-5-12(6-4-10)14-17-19-20(18-14)9-13(21)16-8-7-11(2)15/h3-6,11H,7-9,15H2,1-2H3,(H,16,21). The molecule has 0 fully saturated rings. The largest absolute Gasteiger partial charge is 0.354 e. The molecule has 21 heavy (non-hydrogen) atoms. The molecule has 1 amide bonds. The van der Waals surface area contributed by atoms with Gasteiger partial charge in [0, 0.05) is 18.2 Å². The van der Waals surface area contributed by atoms with Crippen molar-refractivity contribution in [2.45, 2.75) is 32.9 Å². The third-order valence-electron chi connectivity index (χ3n) is 2.97. The minimum Gasteiger partial charge on any atom is -0.354 e. The number of aryl methyl sites for hydroxylation is 1. The molecule has 0 aliphatic rings. The van der Waals surface area contributed by atoms with Gasteiger partial charge in [-0.25, -0.2) is 0 Å². The molecule has 1 heterocycles. The summed E-state index contributed by atoms with van der Waals surface area (Å²) in [5.74, 6) is 0.363. The molecule has 7 nitrogen and oxygen atoms in total. The molecule has 1 aromatic carbocycles. The second-order valence-corrected chi connectivity index (χ2v) is 5.13. The summed E-state index contributed by atoms with van der Waals surface area (Å²) in [6.07, 6.45) is 0.741. The van der Waals surface area contributed by atoms with E-state index < -0.39 is 0 Å². The van der Waals surface area contributed by atoms with Crippen molar-refractivity contribution in [2.75, 3.05) is 6.54 Å². The average Bonchev–Trinajstić information content (AvgIpc) is 2.87. The van der Waals surface area contributed by atoms with Gasteiger partial charge in [-0.1, -0.05) is 29.8 Å². The van der Waals surface area contributed by atoms with Crippen molar-refractivity contribution >= 4 is 5.91 Å². The highest BCUT2D eigenvalue weighted by Gasteiger charge is 2.09. The van der Waals surface area contributed by atoms with E-state index in [-0.39, 0.29) is 18.5 Å². The van der Waals surface area contributed by atoms with Crippen LogP contribution in [-0.4, -0.2) is 38.7 Å². The first-order valence-electron chi connectivity index (χ1n) is 6.91. The molecule has 0 radical (unpaired) electrons. The SMILES string of the molecule is Cc1ccc(-c2nnn(CC(=O)NCCC(C)N)n2)cc1. The molecule has 2 aromatic rings. The van der Waals surface area contributed by atoms with Crippen LogP contribution in [-0.2, 0) is 11.3 Å². The molecule has 0 aliphatic heterocycles. The van der Waals surface area contributed by atoms with Crippen molar-refractivity contribution in [1.82, 2.24) is 25.5 Å². The summed E-state index contributed by atoms with van der Waals surface area (Å²) in [5.41, 5.74) is 7.66. The maximum atomic E-state index is 11.7. The van der Waals surface area contributed by atoms with Crippen molar-refractivity contribution in [1.29, 1.82) is 0 Å². The summed E-state index contributed by atoms with van der Waals surface area (Å²) in [5, 5.41) is 14.8. The van der Waals surface area contributed by atoms with Gasteiger partial charge in [0.1, 0.15) is 6.54 Å². The topological polar surface area (TPSA) is 98.7 Å². The summed E-state index contributed by atoms with van der Waals surface area (Å²) in [4.78, 5) is 13.0. The number of aromatic nitrogens is 4. The number of nitrogens with one attached hydrogen (secondary N) is 1. The number of carbonyl (C=O) groups excluding carboxylic acids is 1. The molecule has 2 rings (SSSR count). The van der Waals surface area contributed by atoms with Crippen LogP contribution in [0.4, 0.5) is 0 Å². The lowest BCUT2D eigenvalue weighted by Gasteiger charge is -2.06. The van der Waals surface area contributed by atoms with Crippen LogP contribution in [0.5, 0.6) is 0 Å². The zero-order chi connectivity index (χ0) is 15.2. The Bertz CT molecular complexity index is 590. The first-order chi connectivity index (χ1) is 10.0. The Hall–Kier alpha value is -2.28. The molecule has 0 saturated heterocycles. The third-order valence-corrected chi connectivity index (χ3v) is 2.97. The number of hydrogen-bond donors (Lipinski definition) is 2. The van der Waals surface area contributed by atoms with Gasteiger partial charge in [-0.05, 0) is 25.5 Å². The Balaban J connectivity index is 1.91. The Kier molecular flexibility index (Phi) is 4.99. The zero-order valence-corrected chi connectivity index (χ0v) is 12.3. The van der Waals surface area contributed by atoms with Crippen molar-refractivity contribution < 1.29 is 4.79 Å². The first kappa shape index (κ1) is 15.1. The van der Waals surface area contributed by atoms with E-state index in [1.165, 1.54) is 10.4 Å². The van der Waals surface area contributed by atoms with Gasteiger partial charge in [0.05, 0.1) is 0 Å². The molecule has 7 heteroatoms. The van der Waals surface area contributed by atoms with Gasteiger partial charge in [0.25, 0.3) is 0 Å². The lowest BCUT2D eigenvalue weighted by molar-refractivity contribution is -0.122. The quantitative estimate of drug-likeness (QED) is 0.806. The van der Waals surface area contributed by atoms with Crippen LogP contribution in [0.1, 0.15) is 18.9 Å². The number of hydrogen-bond acceptors (Lipinski definition) is 5. The third kappa shape index (κ3) is 4.64. The number of carbonyl (C=O) groups is 1. The number of tetrazole rings is 1. The van der Waals surface area contributed by atoms with Crippen LogP contribution in [0.25, 0.3) is 11.4 Å². The fourth-order valence-corrected chi connectivity index (χ4v) is 1.75. The van der Waals surface area contributed by atoms with Gasteiger partial charge in [0.15, 0.2) is 0 Å². The van der Waals surface area contributed by atoms with Crippen molar-refractivity contribution in [2.24, 2.45) is 5.73 Å². The minimum atomic E-state index is -0.150. The summed E-state index contributed by atoms with van der Waals surface area (Å²) in [6, 6.07) is 7.90. The van der Waals surface area contributed by atoms with E-state index >= 15 is 0 Å². The average molecular weight is 288 g/mol. The highest BCUT2D eigenvalue weighted by atomic mass is 16.2. The molecular formula is C14H20N6O. The molecule has 0 spiro atoms. The van der Waals surface area contributed by atoms with E-state index in [1.807, 2.05) is 38.1 Å². The second-order valence-electron chi connectivity index (χ2n) is 5.13. The summed E-state index contributed by atoms with van der Waals surface area (Å²) < 4.78 is 0. The molecule has 3 N–H and O–H groups in total. The summed E-state index contributed by atoms with van der Waals surface area (Å²) in [7, 11) is 0. The summed E-state index contributed by atoms with van der Waals surface area (Å²) in [6.45, 7) is 4.52. The zero-order valence-electron chi connectivity index (χ0n) is 12.3. The highest BCUT2D eigenvalue weighted by Crippen LogP contribution is 2.13. The van der Waals surface area contributed by atoms with Crippen LogP contribution in [0.15, 0.2) is 24.3 Å². The monoisotopic (exact) mass is 288 g/mol. The predicted octanol–water partition coefficient (Wildman–Crippen LogP) is 0.502. The van der Waals surface area contributed by atoms with Gasteiger partial charge in [-0.2, -0.15) is 4.80 Å². The minimum absolute atomic E-state index is 0.0534. The molecule has 0 saturated carbocycles. The maximum Gasteiger partial charge on any atom is 0.243 e. The van der Waals surface area contributed by atoms with E-state index in [0.29, 0.717) is 12.4 Å². The first-order valence-corrected chi connectivity index (χ1v) is 6.91. The normalized spacial score (nSPS) is 12.1. The fourth-order valence-electron chi connectivity index (χ4n) is 1.75. The van der Waals surface area contributed by atoms with Gasteiger partial charge in [-0.15, -0.1) is 10.2 Å². The van der Waals surface area contributed by atoms with Crippen LogP contribution < -0.4 is 11.1 Å². The van der Waals surface area contributed by atoms with Gasteiger partial charge in [0.2, 0.25) is 11.7 Å². The van der Waals surface area contributed by atoms with E-state index in [4.69, 9.17) is 5.73 Å². The number of amides is 1. The Morgan fingerprint density at radius 1 is 1.38 bits per heavy atom. The van der Waals surface area contributed by atoms with Crippen molar-refractivity contribution in [3.05, 3.63) is 29.8 Å². The van der Waals surface area contributed by atoms with E-state index in [9.17, 15) is 4.79 Å². The number of rotatable bonds is 6. The number of nitrogens with zero attached hydrogens (tertiary/aromatic N) is 4. The molecule has 0 aliphatic carbocycles. The Labute approximate surface area is 123 Å². The lowest BCUT2D eigenvalue weighted by Crippen LogP contribution is -2.32. The molecular weight excluding hydrogens is 268 g/mol. The van der Waals surface area contributed by atoms with Gasteiger partial charge in [-0.3, -0.25) is 4.79 Å². The maximum absolute atomic E-state index is 11.7. The lowest BCUT2D eigenvalue weighted by atomic mass is 10.1. The van der Waals surface area contributed by atoms with Crippen molar-refractivity contribution in [3.63, 3.8) is 0 Å².